The number of nitrogens with one attached hydrogen (secondary N) is 1. The zero-order valence-electron chi connectivity index (χ0n) is 16.5. The lowest BCUT2D eigenvalue weighted by atomic mass is 9.96. The van der Waals surface area contributed by atoms with E-state index in [9.17, 15) is 4.39 Å². The van der Waals surface area contributed by atoms with E-state index in [1.165, 1.54) is 6.07 Å². The van der Waals surface area contributed by atoms with Crippen LogP contribution in [0, 0.1) is 11.7 Å². The van der Waals surface area contributed by atoms with Gasteiger partial charge in [0, 0.05) is 40.4 Å². The Balaban J connectivity index is 1.88. The molecular weight excluding hydrogens is 331 g/mol. The third-order valence-electron chi connectivity index (χ3n) is 5.10. The topological polar surface area (TPSA) is 40.1 Å². The number of likely N-dealkylation sites (N-methyl/N-ethyl adjacent to an activating group) is 1. The molecule has 5 nitrogen and oxygen atoms in total. The van der Waals surface area contributed by atoms with E-state index in [0.29, 0.717) is 6.54 Å². The summed E-state index contributed by atoms with van der Waals surface area (Å²) >= 11 is 0. The van der Waals surface area contributed by atoms with Crippen LogP contribution in [0.15, 0.2) is 29.3 Å². The quantitative estimate of drug-likeness (QED) is 0.597. The van der Waals surface area contributed by atoms with Crippen molar-refractivity contribution in [3.8, 4) is 0 Å². The van der Waals surface area contributed by atoms with Crippen molar-refractivity contribution in [2.75, 3.05) is 54.5 Å². The minimum Gasteiger partial charge on any atom is -0.381 e. The Hall–Kier alpha value is -1.66. The lowest BCUT2D eigenvalue weighted by Gasteiger charge is -2.29. The lowest BCUT2D eigenvalue weighted by Crippen LogP contribution is -2.43. The van der Waals surface area contributed by atoms with Gasteiger partial charge in [0.05, 0.1) is 6.04 Å². The number of aliphatic imine (C=N–C) groups is 1. The van der Waals surface area contributed by atoms with E-state index >= 15 is 0 Å². The van der Waals surface area contributed by atoms with Gasteiger partial charge in [-0.3, -0.25) is 4.99 Å². The molecule has 1 unspecified atom stereocenters. The summed E-state index contributed by atoms with van der Waals surface area (Å²) < 4.78 is 19.0. The van der Waals surface area contributed by atoms with E-state index in [-0.39, 0.29) is 11.9 Å². The van der Waals surface area contributed by atoms with Gasteiger partial charge in [-0.1, -0.05) is 12.1 Å². The standard InChI is InChI=1S/C20H33FN4O/c1-22-20(25(4)11-8-16-9-12-26-13-10-16)23-15-19(24(2)3)17-6-5-7-18(21)14-17/h5-7,14,16,19H,8-13,15H2,1-4H3,(H,22,23). The van der Waals surface area contributed by atoms with Gasteiger partial charge in [0.25, 0.3) is 0 Å². The Morgan fingerprint density at radius 1 is 1.31 bits per heavy atom. The molecule has 0 amide bonds. The van der Waals surface area contributed by atoms with Crippen molar-refractivity contribution in [1.82, 2.24) is 15.1 Å². The molecule has 0 saturated carbocycles. The van der Waals surface area contributed by atoms with E-state index in [1.807, 2.05) is 20.2 Å². The molecule has 1 fully saturated rings. The molecule has 0 aliphatic carbocycles. The second-order valence-corrected chi connectivity index (χ2v) is 7.23. The summed E-state index contributed by atoms with van der Waals surface area (Å²) in [6, 6.07) is 6.88. The molecular formula is C20H33FN4O. The molecule has 1 aliphatic heterocycles. The van der Waals surface area contributed by atoms with Gasteiger partial charge in [0.1, 0.15) is 5.82 Å². The van der Waals surface area contributed by atoms with E-state index in [4.69, 9.17) is 4.74 Å². The number of rotatable bonds is 7. The summed E-state index contributed by atoms with van der Waals surface area (Å²) in [6.07, 6.45) is 3.46. The molecule has 1 aromatic carbocycles. The highest BCUT2D eigenvalue weighted by Gasteiger charge is 2.18. The number of guanidine groups is 1. The first-order valence-corrected chi connectivity index (χ1v) is 9.42. The van der Waals surface area contributed by atoms with Gasteiger partial charge >= 0.3 is 0 Å². The molecule has 0 radical (unpaired) electrons. The highest BCUT2D eigenvalue weighted by Crippen LogP contribution is 2.19. The molecule has 1 aromatic rings. The van der Waals surface area contributed by atoms with Gasteiger partial charge in [-0.2, -0.15) is 0 Å². The number of nitrogens with zero attached hydrogens (tertiary/aromatic N) is 3. The van der Waals surface area contributed by atoms with E-state index < -0.39 is 0 Å². The molecule has 0 spiro atoms. The van der Waals surface area contributed by atoms with Crippen LogP contribution in [-0.2, 0) is 4.74 Å². The Bertz CT molecular complexity index is 573. The van der Waals surface area contributed by atoms with Gasteiger partial charge in [-0.25, -0.2) is 4.39 Å². The fraction of sp³-hybridized carbons (Fsp3) is 0.650. The van der Waals surface area contributed by atoms with Gasteiger partial charge in [-0.15, -0.1) is 0 Å². The number of benzene rings is 1. The van der Waals surface area contributed by atoms with Crippen LogP contribution in [0.4, 0.5) is 4.39 Å². The van der Waals surface area contributed by atoms with Crippen molar-refractivity contribution in [2.45, 2.75) is 25.3 Å². The third-order valence-corrected chi connectivity index (χ3v) is 5.10. The van der Waals surface area contributed by atoms with Crippen molar-refractivity contribution in [3.63, 3.8) is 0 Å². The van der Waals surface area contributed by atoms with Gasteiger partial charge in [0.15, 0.2) is 5.96 Å². The fourth-order valence-electron chi connectivity index (χ4n) is 3.40. The maximum Gasteiger partial charge on any atom is 0.193 e. The van der Waals surface area contributed by atoms with Crippen molar-refractivity contribution in [3.05, 3.63) is 35.6 Å². The van der Waals surface area contributed by atoms with Gasteiger partial charge in [-0.05, 0) is 57.0 Å². The molecule has 0 bridgehead atoms. The third kappa shape index (κ3) is 6.25. The maximum atomic E-state index is 13.6. The number of halogens is 1. The van der Waals surface area contributed by atoms with Crippen LogP contribution < -0.4 is 5.32 Å². The highest BCUT2D eigenvalue weighted by atomic mass is 19.1. The van der Waals surface area contributed by atoms with Gasteiger partial charge in [0.2, 0.25) is 0 Å². The summed E-state index contributed by atoms with van der Waals surface area (Å²) in [5.74, 6) is 1.42. The minimum atomic E-state index is -0.202. The summed E-state index contributed by atoms with van der Waals surface area (Å²) in [7, 11) is 7.89. The van der Waals surface area contributed by atoms with Crippen LogP contribution in [0.25, 0.3) is 0 Å². The van der Waals surface area contributed by atoms with Crippen LogP contribution in [0.3, 0.4) is 0 Å². The monoisotopic (exact) mass is 364 g/mol. The van der Waals surface area contributed by atoms with Crippen molar-refractivity contribution < 1.29 is 9.13 Å². The summed E-state index contributed by atoms with van der Waals surface area (Å²) in [5.41, 5.74) is 0.961. The van der Waals surface area contributed by atoms with Crippen molar-refractivity contribution in [1.29, 1.82) is 0 Å². The highest BCUT2D eigenvalue weighted by molar-refractivity contribution is 5.79. The average Bonchev–Trinajstić information content (AvgIpc) is 2.64. The molecule has 146 valence electrons. The first kappa shape index (κ1) is 20.6. The van der Waals surface area contributed by atoms with Crippen LogP contribution in [-0.4, -0.2) is 70.3 Å². The largest absolute Gasteiger partial charge is 0.381 e. The zero-order chi connectivity index (χ0) is 18.9. The van der Waals surface area contributed by atoms with Crippen LogP contribution >= 0.6 is 0 Å². The maximum absolute atomic E-state index is 13.6. The van der Waals surface area contributed by atoms with Crippen molar-refractivity contribution in [2.24, 2.45) is 10.9 Å². The zero-order valence-corrected chi connectivity index (χ0v) is 16.5. The molecule has 1 aliphatic rings. The molecule has 6 heteroatoms. The number of ether oxygens (including phenoxy) is 1. The molecule has 1 heterocycles. The Labute approximate surface area is 157 Å². The van der Waals surface area contributed by atoms with Crippen molar-refractivity contribution >= 4 is 5.96 Å². The first-order chi connectivity index (χ1) is 12.5. The minimum absolute atomic E-state index is 0.0753. The van der Waals surface area contributed by atoms with Gasteiger partial charge < -0.3 is 19.9 Å². The van der Waals surface area contributed by atoms with Crippen LogP contribution in [0.1, 0.15) is 30.9 Å². The van der Waals surface area contributed by atoms with E-state index in [2.05, 4.69) is 27.2 Å². The second kappa shape index (κ2) is 10.5. The second-order valence-electron chi connectivity index (χ2n) is 7.23. The summed E-state index contributed by atoms with van der Waals surface area (Å²) in [6.45, 7) is 3.42. The molecule has 1 atom stereocenters. The molecule has 26 heavy (non-hydrogen) atoms. The molecule has 1 N–H and O–H groups in total. The van der Waals surface area contributed by atoms with E-state index in [1.54, 1.807) is 19.2 Å². The Kier molecular flexibility index (Phi) is 8.32. The predicted molar refractivity (Wildman–Crippen MR) is 105 cm³/mol. The van der Waals surface area contributed by atoms with Crippen LogP contribution in [0.5, 0.6) is 0 Å². The van der Waals surface area contributed by atoms with Crippen LogP contribution in [0.2, 0.25) is 0 Å². The Morgan fingerprint density at radius 3 is 2.65 bits per heavy atom. The molecule has 0 aromatic heterocycles. The predicted octanol–water partition coefficient (Wildman–Crippen LogP) is 2.75. The van der Waals surface area contributed by atoms with E-state index in [0.717, 1.165) is 56.5 Å². The smallest absolute Gasteiger partial charge is 0.193 e. The molecule has 2 rings (SSSR count). The lowest BCUT2D eigenvalue weighted by molar-refractivity contribution is 0.0625. The summed E-state index contributed by atoms with van der Waals surface area (Å²) in [4.78, 5) is 8.68. The summed E-state index contributed by atoms with van der Waals surface area (Å²) in [5, 5.41) is 3.44. The number of hydrogen-bond donors (Lipinski definition) is 1. The molecule has 1 saturated heterocycles. The fourth-order valence-corrected chi connectivity index (χ4v) is 3.40. The SMILES string of the molecule is CN=C(NCC(c1cccc(F)c1)N(C)C)N(C)CCC1CCOCC1. The number of hydrogen-bond acceptors (Lipinski definition) is 3. The normalized spacial score (nSPS) is 17.4. The average molecular weight is 365 g/mol. The first-order valence-electron chi connectivity index (χ1n) is 9.42. The Morgan fingerprint density at radius 2 is 2.04 bits per heavy atom.